The van der Waals surface area contributed by atoms with E-state index >= 15 is 0 Å². The number of hydrogen-bond acceptors (Lipinski definition) is 5. The van der Waals surface area contributed by atoms with Gasteiger partial charge in [-0.25, -0.2) is 9.97 Å². The summed E-state index contributed by atoms with van der Waals surface area (Å²) in [4.78, 5) is 38.9. The van der Waals surface area contributed by atoms with Crippen LogP contribution >= 0.6 is 11.8 Å². The summed E-state index contributed by atoms with van der Waals surface area (Å²) in [6.45, 7) is 2.29. The molecule has 0 spiro atoms. The number of nitrogens with one attached hydrogen (secondary N) is 3. The molecule has 0 unspecified atom stereocenters. The normalized spacial score (nSPS) is 11.0. The third kappa shape index (κ3) is 4.32. The molecule has 0 fully saturated rings. The molecule has 8 heteroatoms. The number of thioether (sulfide) groups is 1. The largest absolute Gasteiger partial charge is 0.356 e. The van der Waals surface area contributed by atoms with Gasteiger partial charge in [0.2, 0.25) is 5.91 Å². The Labute approximate surface area is 155 Å². The predicted octanol–water partition coefficient (Wildman–Crippen LogP) is 1.97. The van der Waals surface area contributed by atoms with Crippen LogP contribution in [0.4, 0.5) is 0 Å². The van der Waals surface area contributed by atoms with Crippen molar-refractivity contribution in [1.29, 1.82) is 0 Å². The molecule has 7 nitrogen and oxygen atoms in total. The fourth-order valence-electron chi connectivity index (χ4n) is 2.75. The molecule has 26 heavy (non-hydrogen) atoms. The van der Waals surface area contributed by atoms with Crippen molar-refractivity contribution in [3.63, 3.8) is 0 Å². The minimum Gasteiger partial charge on any atom is -0.356 e. The maximum atomic E-state index is 12.1. The summed E-state index contributed by atoms with van der Waals surface area (Å²) < 4.78 is 0. The number of nitrogens with zero attached hydrogens (tertiary/aromatic N) is 2. The number of aromatic amines is 2. The van der Waals surface area contributed by atoms with Gasteiger partial charge in [-0.2, -0.15) is 0 Å². The fourth-order valence-corrected chi connectivity index (χ4v) is 3.17. The van der Waals surface area contributed by atoms with Gasteiger partial charge in [-0.3, -0.25) is 9.59 Å². The van der Waals surface area contributed by atoms with Gasteiger partial charge in [0.15, 0.2) is 5.16 Å². The Bertz CT molecular complexity index is 946. The van der Waals surface area contributed by atoms with Crippen LogP contribution in [0.25, 0.3) is 11.0 Å². The van der Waals surface area contributed by atoms with E-state index in [4.69, 9.17) is 0 Å². The van der Waals surface area contributed by atoms with Crippen LogP contribution in [0.3, 0.4) is 0 Å². The van der Waals surface area contributed by atoms with Crippen LogP contribution in [0.5, 0.6) is 0 Å². The van der Waals surface area contributed by atoms with Crippen molar-refractivity contribution in [3.05, 3.63) is 51.7 Å². The Balaban J connectivity index is 1.49. The van der Waals surface area contributed by atoms with E-state index in [0.29, 0.717) is 35.8 Å². The second-order valence-corrected chi connectivity index (χ2v) is 6.73. The summed E-state index contributed by atoms with van der Waals surface area (Å²) in [5.74, 6) is 0.754. The van der Waals surface area contributed by atoms with E-state index in [1.165, 1.54) is 11.8 Å². The van der Waals surface area contributed by atoms with Crippen LogP contribution in [0.2, 0.25) is 0 Å². The lowest BCUT2D eigenvalue weighted by atomic mass is 10.1. The number of rotatable bonds is 7. The number of hydrogen-bond donors (Lipinski definition) is 3. The zero-order valence-electron chi connectivity index (χ0n) is 14.8. The van der Waals surface area contributed by atoms with Gasteiger partial charge in [0.1, 0.15) is 5.82 Å². The van der Waals surface area contributed by atoms with Crippen LogP contribution in [0.15, 0.2) is 34.2 Å². The smallest absolute Gasteiger partial charge is 0.254 e. The van der Waals surface area contributed by atoms with Gasteiger partial charge in [-0.1, -0.05) is 23.9 Å². The molecule has 0 saturated carbocycles. The molecular weight excluding hydrogens is 350 g/mol. The number of carbonyl (C=O) groups excluding carboxylic acids is 1. The van der Waals surface area contributed by atoms with Crippen LogP contribution in [0.1, 0.15) is 23.5 Å². The molecule has 0 bridgehead atoms. The van der Waals surface area contributed by atoms with Gasteiger partial charge < -0.3 is 15.3 Å². The molecule has 3 N–H and O–H groups in total. The van der Waals surface area contributed by atoms with Crippen LogP contribution in [0, 0.1) is 6.92 Å². The highest BCUT2D eigenvalue weighted by atomic mass is 32.2. The molecule has 1 aromatic carbocycles. The highest BCUT2D eigenvalue weighted by molar-refractivity contribution is 7.98. The Kier molecular flexibility index (Phi) is 5.72. The third-order valence-electron chi connectivity index (χ3n) is 4.12. The van der Waals surface area contributed by atoms with Crippen molar-refractivity contribution in [2.75, 3.05) is 12.8 Å². The lowest BCUT2D eigenvalue weighted by Crippen LogP contribution is -2.27. The highest BCUT2D eigenvalue weighted by Gasteiger charge is 2.10. The first kappa shape index (κ1) is 18.2. The first-order chi connectivity index (χ1) is 12.6. The first-order valence-corrected chi connectivity index (χ1v) is 9.63. The monoisotopic (exact) mass is 371 g/mol. The number of carbonyl (C=O) groups is 1. The molecule has 2 heterocycles. The van der Waals surface area contributed by atoms with Crippen molar-refractivity contribution in [3.8, 4) is 0 Å². The minimum atomic E-state index is -0.170. The van der Waals surface area contributed by atoms with E-state index in [0.717, 1.165) is 16.9 Å². The number of fused-ring (bicyclic) bond motifs is 1. The standard InChI is InChI=1S/C18H21N5O2S/c1-11-12(17(25)23-18(20-11)26-2)7-8-16(24)19-10-9-15-21-13-5-3-4-6-14(13)22-15/h3-6H,7-10H2,1-2H3,(H,19,24)(H,21,22)(H,20,23,25). The van der Waals surface area contributed by atoms with E-state index in [2.05, 4.69) is 25.3 Å². The summed E-state index contributed by atoms with van der Waals surface area (Å²) in [5, 5.41) is 3.46. The van der Waals surface area contributed by atoms with Crippen LogP contribution < -0.4 is 10.9 Å². The molecule has 0 aliphatic carbocycles. The van der Waals surface area contributed by atoms with Gasteiger partial charge in [0, 0.05) is 30.6 Å². The fraction of sp³-hybridized carbons (Fsp3) is 0.333. The molecule has 0 atom stereocenters. The molecule has 3 rings (SSSR count). The van der Waals surface area contributed by atoms with Gasteiger partial charge >= 0.3 is 0 Å². The molecular formula is C18H21N5O2S. The summed E-state index contributed by atoms with van der Waals surface area (Å²) in [6.07, 6.45) is 3.11. The molecule has 0 saturated heterocycles. The number of H-pyrrole nitrogens is 2. The average Bonchev–Trinajstić information content (AvgIpc) is 3.03. The van der Waals surface area contributed by atoms with Crippen LogP contribution in [-0.4, -0.2) is 38.6 Å². The van der Waals surface area contributed by atoms with Crippen molar-refractivity contribution in [2.45, 2.75) is 31.3 Å². The highest BCUT2D eigenvalue weighted by Crippen LogP contribution is 2.11. The van der Waals surface area contributed by atoms with E-state index in [-0.39, 0.29) is 17.9 Å². The maximum absolute atomic E-state index is 12.1. The molecule has 0 aliphatic rings. The predicted molar refractivity (Wildman–Crippen MR) is 103 cm³/mol. The summed E-state index contributed by atoms with van der Waals surface area (Å²) in [7, 11) is 0. The summed E-state index contributed by atoms with van der Waals surface area (Å²) >= 11 is 1.39. The summed E-state index contributed by atoms with van der Waals surface area (Å²) in [6, 6.07) is 7.82. The van der Waals surface area contributed by atoms with E-state index in [9.17, 15) is 9.59 Å². The van der Waals surface area contributed by atoms with E-state index in [1.54, 1.807) is 6.92 Å². The van der Waals surface area contributed by atoms with E-state index < -0.39 is 0 Å². The van der Waals surface area contributed by atoms with Crippen molar-refractivity contribution in [1.82, 2.24) is 25.3 Å². The SMILES string of the molecule is CSc1nc(C)c(CCC(=O)NCCc2nc3ccccc3[nH]2)c(=O)[nH]1. The number of imidazole rings is 1. The minimum absolute atomic E-state index is 0.0890. The number of aryl methyl sites for hydroxylation is 1. The molecule has 3 aromatic rings. The lowest BCUT2D eigenvalue weighted by molar-refractivity contribution is -0.121. The summed E-state index contributed by atoms with van der Waals surface area (Å²) in [5.41, 5.74) is 2.98. The zero-order chi connectivity index (χ0) is 18.5. The Hall–Kier alpha value is -2.61. The molecule has 2 aromatic heterocycles. The van der Waals surface area contributed by atoms with Gasteiger partial charge in [0.05, 0.1) is 11.0 Å². The maximum Gasteiger partial charge on any atom is 0.254 e. The van der Waals surface area contributed by atoms with Gasteiger partial charge in [0.25, 0.3) is 5.56 Å². The van der Waals surface area contributed by atoms with Crippen molar-refractivity contribution in [2.24, 2.45) is 0 Å². The first-order valence-electron chi connectivity index (χ1n) is 8.41. The quantitative estimate of drug-likeness (QED) is 0.435. The number of para-hydroxylation sites is 2. The molecule has 0 radical (unpaired) electrons. The van der Waals surface area contributed by atoms with Crippen molar-refractivity contribution >= 4 is 28.7 Å². The Morgan fingerprint density at radius 2 is 2.00 bits per heavy atom. The zero-order valence-corrected chi connectivity index (χ0v) is 15.6. The lowest BCUT2D eigenvalue weighted by Gasteiger charge is -2.07. The number of benzene rings is 1. The van der Waals surface area contributed by atoms with E-state index in [1.807, 2.05) is 30.5 Å². The van der Waals surface area contributed by atoms with Gasteiger partial charge in [-0.15, -0.1) is 0 Å². The third-order valence-corrected chi connectivity index (χ3v) is 4.70. The second-order valence-electron chi connectivity index (χ2n) is 5.94. The molecule has 0 aliphatic heterocycles. The Morgan fingerprint density at radius 1 is 1.19 bits per heavy atom. The average molecular weight is 371 g/mol. The Morgan fingerprint density at radius 3 is 2.73 bits per heavy atom. The topological polar surface area (TPSA) is 104 Å². The van der Waals surface area contributed by atoms with Crippen LogP contribution in [-0.2, 0) is 17.6 Å². The molecule has 136 valence electrons. The van der Waals surface area contributed by atoms with Gasteiger partial charge in [-0.05, 0) is 31.7 Å². The van der Waals surface area contributed by atoms with Crippen molar-refractivity contribution < 1.29 is 4.79 Å². The second kappa shape index (κ2) is 8.18. The molecule has 1 amide bonds. The number of amides is 1. The number of aromatic nitrogens is 4.